The minimum atomic E-state index is -1.24. The fourth-order valence-corrected chi connectivity index (χ4v) is 2.11. The molecule has 1 fully saturated rings. The van der Waals surface area contributed by atoms with Gasteiger partial charge < -0.3 is 14.2 Å². The molecule has 78 valence electrons. The van der Waals surface area contributed by atoms with Gasteiger partial charge in [0, 0.05) is 20.6 Å². The molecule has 2 atom stereocenters. The van der Waals surface area contributed by atoms with Crippen molar-refractivity contribution in [1.82, 2.24) is 0 Å². The SMILES string of the molecule is COC1(OC)C(=O)C[C@@]2(C)C=C[C@@H]1O2. The van der Waals surface area contributed by atoms with Crippen LogP contribution in [0.3, 0.4) is 0 Å². The molecule has 2 rings (SSSR count). The first-order valence-corrected chi connectivity index (χ1v) is 4.57. The van der Waals surface area contributed by atoms with Crippen LogP contribution in [0.4, 0.5) is 0 Å². The minimum Gasteiger partial charge on any atom is -0.357 e. The van der Waals surface area contributed by atoms with Crippen LogP contribution in [0.15, 0.2) is 12.2 Å². The van der Waals surface area contributed by atoms with Crippen molar-refractivity contribution in [3.8, 4) is 0 Å². The molecule has 0 aromatic carbocycles. The lowest BCUT2D eigenvalue weighted by atomic mass is 9.93. The lowest BCUT2D eigenvalue weighted by Crippen LogP contribution is -2.58. The predicted octanol–water partition coefficient (Wildman–Crippen LogP) is 0.662. The van der Waals surface area contributed by atoms with Gasteiger partial charge in [-0.15, -0.1) is 0 Å². The summed E-state index contributed by atoms with van der Waals surface area (Å²) in [6.07, 6.45) is 3.60. The number of ether oxygens (including phenoxy) is 3. The van der Waals surface area contributed by atoms with Gasteiger partial charge in [0.2, 0.25) is 0 Å². The second-order valence-corrected chi connectivity index (χ2v) is 3.89. The van der Waals surface area contributed by atoms with Crippen molar-refractivity contribution in [3.63, 3.8) is 0 Å². The standard InChI is InChI=1S/C10H14O4/c1-9-5-4-8(14-9)10(12-2,13-3)7(11)6-9/h4-5,8H,6H2,1-3H3/t8-,9+/m0/s1. The van der Waals surface area contributed by atoms with Crippen molar-refractivity contribution in [2.75, 3.05) is 14.2 Å². The van der Waals surface area contributed by atoms with Crippen molar-refractivity contribution in [2.45, 2.75) is 30.8 Å². The van der Waals surface area contributed by atoms with E-state index in [0.717, 1.165) is 0 Å². The predicted molar refractivity (Wildman–Crippen MR) is 48.8 cm³/mol. The van der Waals surface area contributed by atoms with E-state index in [2.05, 4.69) is 0 Å². The Labute approximate surface area is 82.8 Å². The molecule has 2 heterocycles. The molecular formula is C10H14O4. The summed E-state index contributed by atoms with van der Waals surface area (Å²) < 4.78 is 16.0. The molecule has 0 radical (unpaired) electrons. The fraction of sp³-hybridized carbons (Fsp3) is 0.700. The molecular weight excluding hydrogens is 184 g/mol. The van der Waals surface area contributed by atoms with Crippen molar-refractivity contribution < 1.29 is 19.0 Å². The number of hydrogen-bond acceptors (Lipinski definition) is 4. The minimum absolute atomic E-state index is 0.0637. The highest BCUT2D eigenvalue weighted by atomic mass is 16.7. The molecule has 1 saturated heterocycles. The van der Waals surface area contributed by atoms with E-state index in [9.17, 15) is 4.79 Å². The van der Waals surface area contributed by atoms with Crippen LogP contribution in [-0.4, -0.2) is 37.5 Å². The summed E-state index contributed by atoms with van der Waals surface area (Å²) >= 11 is 0. The van der Waals surface area contributed by atoms with E-state index >= 15 is 0 Å². The molecule has 0 spiro atoms. The van der Waals surface area contributed by atoms with Crippen LogP contribution in [0.2, 0.25) is 0 Å². The Morgan fingerprint density at radius 3 is 2.71 bits per heavy atom. The van der Waals surface area contributed by atoms with Gasteiger partial charge in [0.05, 0.1) is 5.60 Å². The number of ketones is 1. The van der Waals surface area contributed by atoms with E-state index in [1.54, 1.807) is 0 Å². The molecule has 2 aliphatic rings. The zero-order valence-corrected chi connectivity index (χ0v) is 8.57. The number of carbonyl (C=O) groups excluding carboxylic acids is 1. The van der Waals surface area contributed by atoms with E-state index in [4.69, 9.17) is 14.2 Å². The van der Waals surface area contributed by atoms with Gasteiger partial charge in [-0.1, -0.05) is 12.2 Å². The molecule has 4 nitrogen and oxygen atoms in total. The number of fused-ring (bicyclic) bond motifs is 2. The average molecular weight is 198 g/mol. The Balaban J connectivity index is 2.37. The summed E-state index contributed by atoms with van der Waals surface area (Å²) in [7, 11) is 2.92. The Kier molecular flexibility index (Phi) is 2.03. The second-order valence-electron chi connectivity index (χ2n) is 3.89. The quantitative estimate of drug-likeness (QED) is 0.483. The summed E-state index contributed by atoms with van der Waals surface area (Å²) in [6, 6.07) is 0. The zero-order valence-electron chi connectivity index (χ0n) is 8.57. The van der Waals surface area contributed by atoms with Crippen LogP contribution >= 0.6 is 0 Å². The van der Waals surface area contributed by atoms with Crippen LogP contribution in [0, 0.1) is 0 Å². The third-order valence-electron chi connectivity index (χ3n) is 2.90. The van der Waals surface area contributed by atoms with E-state index in [1.165, 1.54) is 14.2 Å². The van der Waals surface area contributed by atoms with E-state index in [-0.39, 0.29) is 5.78 Å². The summed E-state index contributed by atoms with van der Waals surface area (Å²) in [5, 5.41) is 0. The Bertz CT molecular complexity index is 292. The normalized spacial score (nSPS) is 39.1. The highest BCUT2D eigenvalue weighted by molar-refractivity contribution is 5.89. The van der Waals surface area contributed by atoms with Crippen molar-refractivity contribution in [3.05, 3.63) is 12.2 Å². The lowest BCUT2D eigenvalue weighted by Gasteiger charge is -2.41. The summed E-state index contributed by atoms with van der Waals surface area (Å²) in [5.74, 6) is -1.31. The maximum Gasteiger partial charge on any atom is 0.259 e. The Morgan fingerprint density at radius 1 is 1.50 bits per heavy atom. The molecule has 14 heavy (non-hydrogen) atoms. The van der Waals surface area contributed by atoms with Gasteiger partial charge in [-0.05, 0) is 6.92 Å². The third-order valence-corrected chi connectivity index (χ3v) is 2.90. The summed E-state index contributed by atoms with van der Waals surface area (Å²) in [4.78, 5) is 11.9. The van der Waals surface area contributed by atoms with Crippen molar-refractivity contribution >= 4 is 5.78 Å². The van der Waals surface area contributed by atoms with Crippen LogP contribution < -0.4 is 0 Å². The number of methoxy groups -OCH3 is 2. The maximum atomic E-state index is 11.9. The molecule has 2 bridgehead atoms. The van der Waals surface area contributed by atoms with Gasteiger partial charge in [0.1, 0.15) is 6.10 Å². The first-order chi connectivity index (χ1) is 6.56. The summed E-state index contributed by atoms with van der Waals surface area (Å²) in [6.45, 7) is 1.89. The topological polar surface area (TPSA) is 44.8 Å². The maximum absolute atomic E-state index is 11.9. The molecule has 4 heteroatoms. The Morgan fingerprint density at radius 2 is 2.14 bits per heavy atom. The highest BCUT2D eigenvalue weighted by Gasteiger charge is 2.57. The molecule has 0 aromatic heterocycles. The first-order valence-electron chi connectivity index (χ1n) is 4.57. The monoisotopic (exact) mass is 198 g/mol. The van der Waals surface area contributed by atoms with E-state index in [1.807, 2.05) is 19.1 Å². The summed E-state index contributed by atoms with van der Waals surface area (Å²) in [5.41, 5.74) is -0.470. The molecule has 0 aliphatic carbocycles. The van der Waals surface area contributed by atoms with E-state index in [0.29, 0.717) is 6.42 Å². The molecule has 0 amide bonds. The van der Waals surface area contributed by atoms with Crippen molar-refractivity contribution in [1.29, 1.82) is 0 Å². The largest absolute Gasteiger partial charge is 0.357 e. The average Bonchev–Trinajstić information content (AvgIpc) is 2.47. The van der Waals surface area contributed by atoms with Gasteiger partial charge >= 0.3 is 0 Å². The van der Waals surface area contributed by atoms with Gasteiger partial charge in [-0.25, -0.2) is 0 Å². The number of rotatable bonds is 2. The lowest BCUT2D eigenvalue weighted by molar-refractivity contribution is -0.269. The van der Waals surface area contributed by atoms with Gasteiger partial charge in [0.15, 0.2) is 5.78 Å². The number of carbonyl (C=O) groups is 1. The van der Waals surface area contributed by atoms with Crippen LogP contribution in [-0.2, 0) is 19.0 Å². The molecule has 0 unspecified atom stereocenters. The highest BCUT2D eigenvalue weighted by Crippen LogP contribution is 2.41. The van der Waals surface area contributed by atoms with Crippen LogP contribution in [0.25, 0.3) is 0 Å². The first kappa shape index (κ1) is 9.83. The zero-order chi connectivity index (χ0) is 10.4. The van der Waals surface area contributed by atoms with Gasteiger partial charge in [-0.2, -0.15) is 0 Å². The molecule has 0 aromatic rings. The smallest absolute Gasteiger partial charge is 0.259 e. The van der Waals surface area contributed by atoms with Gasteiger partial charge in [-0.3, -0.25) is 4.79 Å². The fourth-order valence-electron chi connectivity index (χ4n) is 2.11. The molecule has 0 N–H and O–H groups in total. The number of hydrogen-bond donors (Lipinski definition) is 0. The molecule has 0 saturated carbocycles. The second kappa shape index (κ2) is 2.89. The van der Waals surface area contributed by atoms with Crippen LogP contribution in [0.5, 0.6) is 0 Å². The Hall–Kier alpha value is -0.710. The number of Topliss-reactive ketones (excluding diaryl/α,β-unsaturated/α-hetero) is 1. The van der Waals surface area contributed by atoms with Crippen molar-refractivity contribution in [2.24, 2.45) is 0 Å². The van der Waals surface area contributed by atoms with E-state index < -0.39 is 17.5 Å². The van der Waals surface area contributed by atoms with Gasteiger partial charge in [0.25, 0.3) is 5.79 Å². The van der Waals surface area contributed by atoms with Crippen LogP contribution in [0.1, 0.15) is 13.3 Å². The third kappa shape index (κ3) is 1.08. The molecule has 2 aliphatic heterocycles.